The van der Waals surface area contributed by atoms with E-state index < -0.39 is 41.6 Å². The van der Waals surface area contributed by atoms with Crippen molar-refractivity contribution >= 4 is 75.7 Å². The Bertz CT molecular complexity index is 1860. The summed E-state index contributed by atoms with van der Waals surface area (Å²) in [6.45, 7) is 3.45. The van der Waals surface area contributed by atoms with Crippen LogP contribution >= 0.6 is 46.3 Å². The number of halogens is 2. The third-order valence-electron chi connectivity index (χ3n) is 9.87. The molecule has 10 nitrogen and oxygen atoms in total. The van der Waals surface area contributed by atoms with E-state index in [1.165, 1.54) is 0 Å². The summed E-state index contributed by atoms with van der Waals surface area (Å²) in [7, 11) is 0. The molecule has 1 saturated heterocycles. The molecule has 2 aromatic carbocycles. The lowest BCUT2D eigenvalue weighted by Gasteiger charge is -2.43. The Morgan fingerprint density at radius 2 is 1.79 bits per heavy atom. The number of carbonyl (C=O) groups excluding carboxylic acids is 3. The second-order valence-corrected chi connectivity index (χ2v) is 16.0. The zero-order valence-electron chi connectivity index (χ0n) is 25.3. The summed E-state index contributed by atoms with van der Waals surface area (Å²) >= 11 is 14.7. The monoisotopic (exact) mass is 715 g/mol. The van der Waals surface area contributed by atoms with Crippen LogP contribution in [-0.2, 0) is 19.2 Å². The number of para-hydroxylation sites is 1. The maximum absolute atomic E-state index is 14.0. The van der Waals surface area contributed by atoms with Crippen molar-refractivity contribution in [2.75, 3.05) is 11.9 Å². The first-order chi connectivity index (χ1) is 22.4. The maximum atomic E-state index is 14.0. The fourth-order valence-corrected chi connectivity index (χ4v) is 11.4. The average Bonchev–Trinajstić information content (AvgIpc) is 3.76. The number of benzene rings is 2. The number of amides is 3. The van der Waals surface area contributed by atoms with Crippen molar-refractivity contribution in [3.8, 4) is 5.75 Å². The Balaban J connectivity index is 1.20. The Labute approximate surface area is 288 Å². The molecule has 8 atom stereocenters. The van der Waals surface area contributed by atoms with Crippen LogP contribution < -0.4 is 14.9 Å². The molecule has 47 heavy (non-hydrogen) atoms. The molecule has 2 aliphatic carbocycles. The topological polar surface area (TPSA) is 146 Å². The van der Waals surface area contributed by atoms with Crippen LogP contribution in [0.25, 0.3) is 0 Å². The molecule has 3 aromatic rings. The van der Waals surface area contributed by atoms with Gasteiger partial charge in [0.25, 0.3) is 5.91 Å². The first-order valence-electron chi connectivity index (χ1n) is 15.4. The van der Waals surface area contributed by atoms with Crippen molar-refractivity contribution < 1.29 is 29.0 Å². The number of carboxylic acid groups (broad SMARTS) is 1. The highest BCUT2D eigenvalue weighted by Gasteiger charge is 2.70. The summed E-state index contributed by atoms with van der Waals surface area (Å²) in [4.78, 5) is 70.4. The van der Waals surface area contributed by atoms with Crippen LogP contribution in [-0.4, -0.2) is 56.6 Å². The van der Waals surface area contributed by atoms with E-state index in [1.54, 1.807) is 42.1 Å². The van der Waals surface area contributed by atoms with Gasteiger partial charge in [0.15, 0.2) is 6.61 Å². The first kappa shape index (κ1) is 32.2. The van der Waals surface area contributed by atoms with Gasteiger partial charge in [-0.3, -0.25) is 24.1 Å². The highest BCUT2D eigenvalue weighted by molar-refractivity contribution is 8.00. The van der Waals surface area contributed by atoms with Gasteiger partial charge in [0, 0.05) is 27.3 Å². The molecule has 3 fully saturated rings. The van der Waals surface area contributed by atoms with E-state index in [4.69, 9.17) is 27.9 Å². The van der Waals surface area contributed by atoms with Gasteiger partial charge in [-0.25, -0.2) is 4.79 Å². The van der Waals surface area contributed by atoms with Crippen molar-refractivity contribution in [3.63, 3.8) is 0 Å². The van der Waals surface area contributed by atoms with Gasteiger partial charge in [-0.05, 0) is 60.8 Å². The summed E-state index contributed by atoms with van der Waals surface area (Å²) in [5.74, 6) is -3.94. The fourth-order valence-electron chi connectivity index (χ4n) is 8.24. The number of aromatic amines is 1. The van der Waals surface area contributed by atoms with E-state index in [-0.39, 0.29) is 52.7 Å². The van der Waals surface area contributed by atoms with Gasteiger partial charge < -0.3 is 20.1 Å². The van der Waals surface area contributed by atoms with Gasteiger partial charge in [-0.15, -0.1) is 11.8 Å². The lowest BCUT2D eigenvalue weighted by molar-refractivity contribution is -0.156. The van der Waals surface area contributed by atoms with Crippen molar-refractivity contribution in [1.29, 1.82) is 0 Å². The minimum Gasteiger partial charge on any atom is -0.483 e. The number of aliphatic carboxylic acids is 1. The number of H-pyrrole nitrogens is 1. The van der Waals surface area contributed by atoms with Gasteiger partial charge >= 0.3 is 10.8 Å². The summed E-state index contributed by atoms with van der Waals surface area (Å²) in [5.41, 5.74) is 1.25. The van der Waals surface area contributed by atoms with Crippen molar-refractivity contribution in [2.45, 2.75) is 48.9 Å². The van der Waals surface area contributed by atoms with Gasteiger partial charge in [-0.2, -0.15) is 0 Å². The molecule has 246 valence electrons. The Kier molecular flexibility index (Phi) is 8.43. The Morgan fingerprint density at radius 1 is 1.06 bits per heavy atom. The van der Waals surface area contributed by atoms with E-state index in [2.05, 4.69) is 10.3 Å². The lowest BCUT2D eigenvalue weighted by atomic mass is 9.68. The quantitative estimate of drug-likeness (QED) is 0.238. The summed E-state index contributed by atoms with van der Waals surface area (Å²) in [6, 6.07) is 10.9. The molecule has 3 amide bonds. The number of carbonyl (C=O) groups is 4. The fraction of sp³-hybridized carbons (Fsp3) is 0.424. The van der Waals surface area contributed by atoms with Crippen LogP contribution in [0.2, 0.25) is 10.0 Å². The largest absolute Gasteiger partial charge is 0.483 e. The van der Waals surface area contributed by atoms with Crippen LogP contribution in [0, 0.1) is 35.5 Å². The standard InChI is InChI=1S/C33H31Cl2N3O7S2/c1-13(2)9-20(32(42)43)38-30(40)25-16-11-17(26(25)31(38)41)27-24(16)23(28-29(46-27)37-33(44)47-28)15-5-3-4-6-21(15)45-12-22(39)36-14-7-8-18(34)19(35)10-14/h3-8,10,13,16-17,20,23-27H,9,11-12H2,1-2H3,(H,36,39)(H,37,44)(H,42,43)/t16?,17?,20?,23-,24?,25?,26?,27?/m1/s1. The van der Waals surface area contributed by atoms with Crippen LogP contribution in [0.5, 0.6) is 5.75 Å². The summed E-state index contributed by atoms with van der Waals surface area (Å²) in [6.07, 6.45) is 0.851. The number of nitrogens with zero attached hydrogens (tertiary/aromatic N) is 1. The van der Waals surface area contributed by atoms with Crippen LogP contribution in [0.15, 0.2) is 52.3 Å². The van der Waals surface area contributed by atoms with Gasteiger partial charge in [0.2, 0.25) is 11.8 Å². The van der Waals surface area contributed by atoms with Crippen LogP contribution in [0.3, 0.4) is 0 Å². The third kappa shape index (κ3) is 5.47. The smallest absolute Gasteiger partial charge is 0.326 e. The van der Waals surface area contributed by atoms with E-state index in [0.717, 1.165) is 31.7 Å². The van der Waals surface area contributed by atoms with E-state index in [9.17, 15) is 29.1 Å². The highest BCUT2D eigenvalue weighted by atomic mass is 35.5. The Hall–Kier alpha value is -3.32. The van der Waals surface area contributed by atoms with Crippen molar-refractivity contribution in [2.24, 2.45) is 35.5 Å². The molecule has 3 N–H and O–H groups in total. The average molecular weight is 717 g/mol. The number of anilines is 1. The SMILES string of the molecule is CC(C)CC(C(=O)O)N1C(=O)C2C3CC(C2C1=O)C1C3Sc2[nH]c(=O)sc2[C@@H]1c1ccccc1OCC(=O)Nc1ccc(Cl)c(Cl)c1. The van der Waals surface area contributed by atoms with Crippen LogP contribution in [0.4, 0.5) is 5.69 Å². The molecule has 0 radical (unpaired) electrons. The highest BCUT2D eigenvalue weighted by Crippen LogP contribution is 2.69. The summed E-state index contributed by atoms with van der Waals surface area (Å²) < 4.78 is 6.11. The number of rotatable bonds is 9. The predicted molar refractivity (Wildman–Crippen MR) is 178 cm³/mol. The van der Waals surface area contributed by atoms with E-state index in [0.29, 0.717) is 27.9 Å². The predicted octanol–water partition coefficient (Wildman–Crippen LogP) is 5.73. The maximum Gasteiger partial charge on any atom is 0.326 e. The number of likely N-dealkylation sites (tertiary alicyclic amines) is 1. The molecule has 2 bridgehead atoms. The molecular formula is C33H31Cl2N3O7S2. The number of thiazole rings is 1. The van der Waals surface area contributed by atoms with Crippen molar-refractivity contribution in [1.82, 2.24) is 9.88 Å². The normalized spacial score (nSPS) is 27.9. The second kappa shape index (κ2) is 12.3. The molecule has 14 heteroatoms. The molecule has 1 aromatic heterocycles. The number of nitrogens with one attached hydrogen (secondary N) is 2. The number of aromatic nitrogens is 1. The van der Waals surface area contributed by atoms with Crippen LogP contribution in [0.1, 0.15) is 43.0 Å². The number of ether oxygens (including phenoxy) is 1. The molecular weight excluding hydrogens is 685 g/mol. The minimum atomic E-state index is -1.20. The zero-order chi connectivity index (χ0) is 33.3. The zero-order valence-corrected chi connectivity index (χ0v) is 28.4. The second-order valence-electron chi connectivity index (χ2n) is 13.0. The van der Waals surface area contributed by atoms with Gasteiger partial charge in [0.05, 0.1) is 26.9 Å². The number of hydrogen-bond acceptors (Lipinski definition) is 8. The number of hydrogen-bond donors (Lipinski definition) is 3. The van der Waals surface area contributed by atoms with Gasteiger partial charge in [-0.1, -0.05) is 66.6 Å². The minimum absolute atomic E-state index is 0.0215. The molecule has 3 heterocycles. The van der Waals surface area contributed by atoms with E-state index in [1.807, 2.05) is 26.0 Å². The lowest BCUT2D eigenvalue weighted by Crippen LogP contribution is -2.47. The number of fused-ring (bicyclic) bond motifs is 9. The molecule has 7 rings (SSSR count). The molecule has 7 unspecified atom stereocenters. The number of imide groups is 1. The summed E-state index contributed by atoms with van der Waals surface area (Å²) in [5, 5.41) is 14.1. The Morgan fingerprint density at radius 3 is 2.49 bits per heavy atom. The molecule has 0 spiro atoms. The van der Waals surface area contributed by atoms with Crippen molar-refractivity contribution in [3.05, 3.63) is 72.6 Å². The molecule has 2 saturated carbocycles. The third-order valence-corrected chi connectivity index (χ3v) is 13.2. The van der Waals surface area contributed by atoms with E-state index >= 15 is 0 Å². The number of carboxylic acids is 1. The molecule has 2 aliphatic heterocycles. The number of thioether (sulfide) groups is 1. The first-order valence-corrected chi connectivity index (χ1v) is 17.9. The molecule has 4 aliphatic rings. The van der Waals surface area contributed by atoms with Gasteiger partial charge in [0.1, 0.15) is 11.8 Å².